The van der Waals surface area contributed by atoms with Crippen LogP contribution in [0, 0.1) is 0 Å². The molecule has 8 nitrogen and oxygen atoms in total. The summed E-state index contributed by atoms with van der Waals surface area (Å²) >= 11 is 0. The van der Waals surface area contributed by atoms with Crippen LogP contribution < -0.4 is 15.4 Å². The highest BCUT2D eigenvalue weighted by molar-refractivity contribution is 7.93. The highest BCUT2D eigenvalue weighted by atomic mass is 32.2. The maximum absolute atomic E-state index is 13.3. The summed E-state index contributed by atoms with van der Waals surface area (Å²) in [5, 5.41) is 6.57. The predicted octanol–water partition coefficient (Wildman–Crippen LogP) is 3.12. The molecule has 3 aromatic rings. The highest BCUT2D eigenvalue weighted by Crippen LogP contribution is 2.37. The fraction of sp³-hybridized carbons (Fsp3) is 0.217. The molecule has 0 bridgehead atoms. The van der Waals surface area contributed by atoms with Gasteiger partial charge in [0.1, 0.15) is 0 Å². The Kier molecular flexibility index (Phi) is 5.07. The van der Waals surface area contributed by atoms with Gasteiger partial charge in [0, 0.05) is 35.2 Å². The summed E-state index contributed by atoms with van der Waals surface area (Å²) < 4.78 is 34.7. The van der Waals surface area contributed by atoms with Crippen LogP contribution in [0.1, 0.15) is 33.6 Å². The lowest BCUT2D eigenvalue weighted by Gasteiger charge is -2.15. The molecule has 1 saturated heterocycles. The minimum absolute atomic E-state index is 0.0207. The van der Waals surface area contributed by atoms with Crippen molar-refractivity contribution in [1.82, 2.24) is 5.32 Å². The van der Waals surface area contributed by atoms with Gasteiger partial charge in [-0.2, -0.15) is 0 Å². The number of nitrogens with one attached hydrogen (secondary N) is 3. The van der Waals surface area contributed by atoms with Gasteiger partial charge in [-0.1, -0.05) is 24.3 Å². The molecule has 1 atom stereocenters. The number of anilines is 2. The van der Waals surface area contributed by atoms with E-state index in [2.05, 4.69) is 15.4 Å². The van der Waals surface area contributed by atoms with E-state index in [9.17, 15) is 18.0 Å². The summed E-state index contributed by atoms with van der Waals surface area (Å²) in [7, 11) is -4.04. The van der Waals surface area contributed by atoms with Crippen LogP contribution in [-0.4, -0.2) is 39.5 Å². The molecule has 3 N–H and O–H groups in total. The van der Waals surface area contributed by atoms with Crippen LogP contribution in [0.5, 0.6) is 0 Å². The molecule has 5 rings (SSSR count). The summed E-state index contributed by atoms with van der Waals surface area (Å²) in [5.74, 6) is -0.643. The number of ether oxygens (including phenoxy) is 1. The van der Waals surface area contributed by atoms with Crippen molar-refractivity contribution >= 4 is 44.0 Å². The zero-order valence-corrected chi connectivity index (χ0v) is 17.9. The first-order valence-corrected chi connectivity index (χ1v) is 11.8. The molecule has 0 saturated carbocycles. The number of hydrogen-bond acceptors (Lipinski definition) is 5. The van der Waals surface area contributed by atoms with Gasteiger partial charge >= 0.3 is 0 Å². The molecule has 0 aliphatic carbocycles. The molecule has 0 radical (unpaired) electrons. The highest BCUT2D eigenvalue weighted by Gasteiger charge is 2.27. The van der Waals surface area contributed by atoms with Gasteiger partial charge in [-0.15, -0.1) is 0 Å². The quantitative estimate of drug-likeness (QED) is 0.533. The maximum Gasteiger partial charge on any atom is 0.262 e. The summed E-state index contributed by atoms with van der Waals surface area (Å²) in [6, 6.07) is 14.4. The number of para-hydroxylation sites is 1. The van der Waals surface area contributed by atoms with Gasteiger partial charge in [-0.3, -0.25) is 14.3 Å². The van der Waals surface area contributed by atoms with E-state index in [-0.39, 0.29) is 34.1 Å². The van der Waals surface area contributed by atoms with Crippen LogP contribution >= 0.6 is 0 Å². The van der Waals surface area contributed by atoms with Crippen molar-refractivity contribution in [1.29, 1.82) is 0 Å². The average molecular weight is 452 g/mol. The van der Waals surface area contributed by atoms with Gasteiger partial charge in [-0.25, -0.2) is 8.42 Å². The largest absolute Gasteiger partial charge is 0.376 e. The van der Waals surface area contributed by atoms with Crippen LogP contribution in [-0.2, 0) is 14.8 Å². The van der Waals surface area contributed by atoms with E-state index in [1.165, 1.54) is 6.07 Å². The first-order valence-electron chi connectivity index (χ1n) is 10.3. The second kappa shape index (κ2) is 7.92. The molecule has 0 aromatic heterocycles. The van der Waals surface area contributed by atoms with E-state index < -0.39 is 10.0 Å². The van der Waals surface area contributed by atoms with Crippen LogP contribution in [0.3, 0.4) is 0 Å². The molecule has 32 heavy (non-hydrogen) atoms. The zero-order chi connectivity index (χ0) is 22.3. The fourth-order valence-corrected chi connectivity index (χ4v) is 5.46. The number of carbonyl (C=O) groups is 2. The average Bonchev–Trinajstić information content (AvgIpc) is 3.41. The van der Waals surface area contributed by atoms with Gasteiger partial charge in [0.05, 0.1) is 22.3 Å². The summed E-state index contributed by atoms with van der Waals surface area (Å²) in [5.41, 5.74) is 1.41. The van der Waals surface area contributed by atoms with Crippen LogP contribution in [0.2, 0.25) is 0 Å². The number of sulfonamides is 1. The SMILES string of the molecule is O=C(NCC1CCCO1)c1ccccc1NS(=O)(=O)c1ccc2c3c(cccc13)C(=O)N2. The van der Waals surface area contributed by atoms with Crippen molar-refractivity contribution in [3.8, 4) is 0 Å². The predicted molar refractivity (Wildman–Crippen MR) is 120 cm³/mol. The third-order valence-electron chi connectivity index (χ3n) is 5.71. The van der Waals surface area contributed by atoms with Gasteiger partial charge < -0.3 is 15.4 Å². The molecular formula is C23H21N3O5S. The first kappa shape index (κ1) is 20.5. The number of amides is 2. The van der Waals surface area contributed by atoms with E-state index in [4.69, 9.17) is 4.74 Å². The van der Waals surface area contributed by atoms with Crippen LogP contribution in [0.25, 0.3) is 10.8 Å². The third kappa shape index (κ3) is 3.59. The molecule has 2 aliphatic heterocycles. The van der Waals surface area contributed by atoms with E-state index in [1.54, 1.807) is 48.5 Å². The number of rotatable bonds is 6. The molecule has 9 heteroatoms. The number of carbonyl (C=O) groups excluding carboxylic acids is 2. The van der Waals surface area contributed by atoms with Crippen molar-refractivity contribution in [3.05, 3.63) is 65.7 Å². The fourth-order valence-electron chi connectivity index (χ4n) is 4.17. The van der Waals surface area contributed by atoms with Crippen molar-refractivity contribution in [2.75, 3.05) is 23.2 Å². The number of benzene rings is 3. The lowest BCUT2D eigenvalue weighted by molar-refractivity contribution is 0.0858. The summed E-state index contributed by atoms with van der Waals surface area (Å²) in [4.78, 5) is 24.9. The van der Waals surface area contributed by atoms with Gasteiger partial charge in [-0.05, 0) is 43.2 Å². The Morgan fingerprint density at radius 1 is 1.09 bits per heavy atom. The van der Waals surface area contributed by atoms with E-state index in [0.717, 1.165) is 12.8 Å². The van der Waals surface area contributed by atoms with Crippen LogP contribution in [0.15, 0.2) is 59.5 Å². The Balaban J connectivity index is 1.46. The minimum Gasteiger partial charge on any atom is -0.376 e. The molecule has 1 unspecified atom stereocenters. The normalized spacial score (nSPS) is 17.4. The monoisotopic (exact) mass is 451 g/mol. The summed E-state index contributed by atoms with van der Waals surface area (Å²) in [6.07, 6.45) is 1.83. The van der Waals surface area contributed by atoms with Crippen molar-refractivity contribution < 1.29 is 22.7 Å². The lowest BCUT2D eigenvalue weighted by Crippen LogP contribution is -2.32. The van der Waals surface area contributed by atoms with E-state index in [1.807, 2.05) is 0 Å². The van der Waals surface area contributed by atoms with Crippen molar-refractivity contribution in [3.63, 3.8) is 0 Å². The lowest BCUT2D eigenvalue weighted by atomic mass is 10.1. The second-order valence-corrected chi connectivity index (χ2v) is 9.44. The van der Waals surface area contributed by atoms with Gasteiger partial charge in [0.15, 0.2) is 0 Å². The Hall–Kier alpha value is -3.43. The first-order chi connectivity index (χ1) is 15.4. The van der Waals surface area contributed by atoms with Gasteiger partial charge in [0.2, 0.25) is 0 Å². The minimum atomic E-state index is -4.04. The van der Waals surface area contributed by atoms with E-state index in [0.29, 0.717) is 35.2 Å². The summed E-state index contributed by atoms with van der Waals surface area (Å²) in [6.45, 7) is 1.06. The standard InChI is InChI=1S/C23H21N3O5S/c27-22(24-13-14-5-4-12-31-14)15-6-1-2-9-18(15)26-32(29,30)20-11-10-19-21-16(20)7-3-8-17(21)23(28)25-19/h1-3,6-11,14,26H,4-5,12-13H2,(H,24,27)(H,25,28). The van der Waals surface area contributed by atoms with Gasteiger partial charge in [0.25, 0.3) is 21.8 Å². The Labute approximate surface area is 185 Å². The topological polar surface area (TPSA) is 114 Å². The van der Waals surface area contributed by atoms with Crippen molar-refractivity contribution in [2.24, 2.45) is 0 Å². The molecule has 164 valence electrons. The maximum atomic E-state index is 13.3. The molecule has 2 aliphatic rings. The molecule has 3 aromatic carbocycles. The molecule has 0 spiro atoms. The van der Waals surface area contributed by atoms with Crippen LogP contribution in [0.4, 0.5) is 11.4 Å². The Bertz CT molecular complexity index is 1350. The molecule has 2 amide bonds. The van der Waals surface area contributed by atoms with Crippen molar-refractivity contribution in [2.45, 2.75) is 23.8 Å². The third-order valence-corrected chi connectivity index (χ3v) is 7.14. The van der Waals surface area contributed by atoms with E-state index >= 15 is 0 Å². The Morgan fingerprint density at radius 2 is 1.94 bits per heavy atom. The smallest absolute Gasteiger partial charge is 0.262 e. The molecule has 2 heterocycles. The number of hydrogen-bond donors (Lipinski definition) is 3. The Morgan fingerprint density at radius 3 is 2.75 bits per heavy atom. The molecular weight excluding hydrogens is 430 g/mol. The zero-order valence-electron chi connectivity index (χ0n) is 17.1. The molecule has 1 fully saturated rings. The second-order valence-electron chi connectivity index (χ2n) is 7.79.